The molecule has 0 unspecified atom stereocenters. The van der Waals surface area contributed by atoms with Crippen LogP contribution in [0, 0.1) is 11.7 Å². The lowest BCUT2D eigenvalue weighted by Gasteiger charge is -2.40. The number of likely N-dealkylation sites (N-methyl/N-ethyl adjacent to an activating group) is 1. The molecule has 0 bridgehead atoms. The van der Waals surface area contributed by atoms with Gasteiger partial charge in [0.1, 0.15) is 5.82 Å². The highest BCUT2D eigenvalue weighted by atomic mass is 32.1. The van der Waals surface area contributed by atoms with Gasteiger partial charge in [0, 0.05) is 19.6 Å². The van der Waals surface area contributed by atoms with E-state index in [0.717, 1.165) is 49.3 Å². The summed E-state index contributed by atoms with van der Waals surface area (Å²) < 4.78 is 13.5. The van der Waals surface area contributed by atoms with Crippen molar-refractivity contribution in [3.8, 4) is 0 Å². The number of hydrogen-bond acceptors (Lipinski definition) is 3. The van der Waals surface area contributed by atoms with Gasteiger partial charge in [-0.15, -0.1) is 11.3 Å². The van der Waals surface area contributed by atoms with Crippen LogP contribution in [0.4, 0.5) is 4.39 Å². The Morgan fingerprint density at radius 1 is 1.06 bits per heavy atom. The second kappa shape index (κ2) is 10.2. The molecule has 2 aromatic carbocycles. The standard InChI is InChI=1S/C26H29FN2OS/c1-28(26(30)25-11-6-16-31-25)24(18-20-7-3-2-4-8-20)22-12-14-29(15-13-22)19-21-9-5-10-23(27)17-21/h2-11,16-17,22,24H,12-15,18-19H2,1H3/t24-/m1/s1. The molecule has 1 aromatic heterocycles. The van der Waals surface area contributed by atoms with Crippen LogP contribution in [0.5, 0.6) is 0 Å². The highest BCUT2D eigenvalue weighted by Gasteiger charge is 2.32. The molecule has 1 aliphatic rings. The molecule has 3 nitrogen and oxygen atoms in total. The Labute approximate surface area is 188 Å². The van der Waals surface area contributed by atoms with Crippen LogP contribution in [-0.4, -0.2) is 41.9 Å². The summed E-state index contributed by atoms with van der Waals surface area (Å²) in [5.74, 6) is 0.375. The quantitative estimate of drug-likeness (QED) is 0.489. The molecule has 2 heterocycles. The Morgan fingerprint density at radius 3 is 2.48 bits per heavy atom. The molecule has 0 aliphatic carbocycles. The first-order valence-electron chi connectivity index (χ1n) is 10.9. The summed E-state index contributed by atoms with van der Waals surface area (Å²) >= 11 is 1.50. The molecule has 162 valence electrons. The van der Waals surface area contributed by atoms with Crippen LogP contribution in [0.2, 0.25) is 0 Å². The van der Waals surface area contributed by atoms with Crippen molar-refractivity contribution in [2.45, 2.75) is 31.8 Å². The Kier molecular flexibility index (Phi) is 7.15. The van der Waals surface area contributed by atoms with Crippen LogP contribution in [0.15, 0.2) is 72.1 Å². The van der Waals surface area contributed by atoms with Crippen molar-refractivity contribution in [3.63, 3.8) is 0 Å². The zero-order valence-corrected chi connectivity index (χ0v) is 18.7. The first-order valence-corrected chi connectivity index (χ1v) is 11.8. The smallest absolute Gasteiger partial charge is 0.263 e. The third kappa shape index (κ3) is 5.60. The summed E-state index contributed by atoms with van der Waals surface area (Å²) in [6.45, 7) is 2.71. The number of amides is 1. The molecule has 0 N–H and O–H groups in total. The second-order valence-corrected chi connectivity index (χ2v) is 9.34. The first kappa shape index (κ1) is 21.7. The van der Waals surface area contributed by atoms with Gasteiger partial charge in [-0.25, -0.2) is 4.39 Å². The average molecular weight is 437 g/mol. The monoisotopic (exact) mass is 436 g/mol. The number of piperidine rings is 1. The number of nitrogens with zero attached hydrogens (tertiary/aromatic N) is 2. The molecule has 0 saturated carbocycles. The fourth-order valence-corrected chi connectivity index (χ4v) is 5.30. The first-order chi connectivity index (χ1) is 15.1. The van der Waals surface area contributed by atoms with Crippen LogP contribution in [-0.2, 0) is 13.0 Å². The van der Waals surface area contributed by atoms with E-state index in [1.54, 1.807) is 12.1 Å². The molecule has 1 atom stereocenters. The van der Waals surface area contributed by atoms with Crippen molar-refractivity contribution >= 4 is 17.2 Å². The number of carbonyl (C=O) groups excluding carboxylic acids is 1. The van der Waals surface area contributed by atoms with Gasteiger partial charge in [-0.3, -0.25) is 9.69 Å². The van der Waals surface area contributed by atoms with Gasteiger partial charge in [-0.05, 0) is 73.0 Å². The van der Waals surface area contributed by atoms with Gasteiger partial charge in [-0.1, -0.05) is 48.5 Å². The zero-order valence-electron chi connectivity index (χ0n) is 17.9. The molecule has 4 rings (SSSR count). The summed E-state index contributed by atoms with van der Waals surface area (Å²) in [6, 6.07) is 21.3. The lowest BCUT2D eigenvalue weighted by molar-refractivity contribution is 0.0589. The van der Waals surface area contributed by atoms with Gasteiger partial charge in [-0.2, -0.15) is 0 Å². The molecule has 0 spiro atoms. The van der Waals surface area contributed by atoms with E-state index in [2.05, 4.69) is 29.2 Å². The lowest BCUT2D eigenvalue weighted by atomic mass is 9.84. The van der Waals surface area contributed by atoms with Crippen molar-refractivity contribution in [2.24, 2.45) is 5.92 Å². The van der Waals surface area contributed by atoms with Gasteiger partial charge < -0.3 is 4.90 Å². The van der Waals surface area contributed by atoms with Gasteiger partial charge in [0.2, 0.25) is 0 Å². The molecule has 1 fully saturated rings. The van der Waals surface area contributed by atoms with Crippen molar-refractivity contribution in [1.29, 1.82) is 0 Å². The lowest BCUT2D eigenvalue weighted by Crippen LogP contribution is -2.47. The summed E-state index contributed by atoms with van der Waals surface area (Å²) in [5.41, 5.74) is 2.28. The predicted molar refractivity (Wildman–Crippen MR) is 125 cm³/mol. The fraction of sp³-hybridized carbons (Fsp3) is 0.346. The minimum atomic E-state index is -0.177. The normalized spacial score (nSPS) is 16.2. The fourth-order valence-electron chi connectivity index (χ4n) is 4.59. The van der Waals surface area contributed by atoms with E-state index in [9.17, 15) is 9.18 Å². The number of hydrogen-bond donors (Lipinski definition) is 0. The van der Waals surface area contributed by atoms with E-state index in [-0.39, 0.29) is 17.8 Å². The topological polar surface area (TPSA) is 23.6 Å². The number of likely N-dealkylation sites (tertiary alicyclic amines) is 1. The number of rotatable bonds is 7. The number of halogens is 1. The van der Waals surface area contributed by atoms with Crippen LogP contribution in [0.25, 0.3) is 0 Å². The van der Waals surface area contributed by atoms with E-state index < -0.39 is 0 Å². The van der Waals surface area contributed by atoms with Gasteiger partial charge in [0.15, 0.2) is 0 Å². The van der Waals surface area contributed by atoms with Crippen LogP contribution in [0.3, 0.4) is 0 Å². The Hall–Kier alpha value is -2.50. The highest BCUT2D eigenvalue weighted by molar-refractivity contribution is 7.12. The van der Waals surface area contributed by atoms with E-state index in [4.69, 9.17) is 0 Å². The maximum atomic E-state index is 13.5. The van der Waals surface area contributed by atoms with Gasteiger partial charge >= 0.3 is 0 Å². The average Bonchev–Trinajstić information content (AvgIpc) is 3.33. The summed E-state index contributed by atoms with van der Waals surface area (Å²) in [4.78, 5) is 18.3. The Bertz CT molecular complexity index is 968. The van der Waals surface area contributed by atoms with Crippen LogP contribution < -0.4 is 0 Å². The Morgan fingerprint density at radius 2 is 1.81 bits per heavy atom. The summed E-state index contributed by atoms with van der Waals surface area (Å²) in [5, 5.41) is 1.96. The SMILES string of the molecule is CN(C(=O)c1cccs1)[C@H](Cc1ccccc1)C1CCN(Cc2cccc(F)c2)CC1. The third-order valence-electron chi connectivity index (χ3n) is 6.31. The van der Waals surface area contributed by atoms with Crippen molar-refractivity contribution in [1.82, 2.24) is 9.80 Å². The van der Waals surface area contributed by atoms with Crippen molar-refractivity contribution in [3.05, 3.63) is 93.9 Å². The van der Waals surface area contributed by atoms with E-state index >= 15 is 0 Å². The molecular formula is C26H29FN2OS. The number of thiophene rings is 1. The number of benzene rings is 2. The zero-order chi connectivity index (χ0) is 21.6. The van der Waals surface area contributed by atoms with Crippen molar-refractivity contribution < 1.29 is 9.18 Å². The maximum absolute atomic E-state index is 13.5. The second-order valence-electron chi connectivity index (χ2n) is 8.39. The largest absolute Gasteiger partial charge is 0.337 e. The van der Waals surface area contributed by atoms with E-state index in [1.807, 2.05) is 41.6 Å². The molecule has 31 heavy (non-hydrogen) atoms. The number of carbonyl (C=O) groups is 1. The minimum absolute atomic E-state index is 0.109. The van der Waals surface area contributed by atoms with E-state index in [1.165, 1.54) is 23.0 Å². The highest BCUT2D eigenvalue weighted by Crippen LogP contribution is 2.28. The minimum Gasteiger partial charge on any atom is -0.337 e. The molecule has 1 amide bonds. The van der Waals surface area contributed by atoms with Gasteiger partial charge in [0.25, 0.3) is 5.91 Å². The van der Waals surface area contributed by atoms with Crippen LogP contribution in [0.1, 0.15) is 33.6 Å². The molecule has 1 aliphatic heterocycles. The van der Waals surface area contributed by atoms with Crippen molar-refractivity contribution in [2.75, 3.05) is 20.1 Å². The maximum Gasteiger partial charge on any atom is 0.263 e. The summed E-state index contributed by atoms with van der Waals surface area (Å²) in [7, 11) is 1.95. The molecule has 0 radical (unpaired) electrons. The summed E-state index contributed by atoms with van der Waals surface area (Å²) in [6.07, 6.45) is 2.94. The van der Waals surface area contributed by atoms with Gasteiger partial charge in [0.05, 0.1) is 4.88 Å². The molecular weight excluding hydrogens is 407 g/mol. The van der Waals surface area contributed by atoms with Crippen LogP contribution >= 0.6 is 11.3 Å². The predicted octanol–water partition coefficient (Wildman–Crippen LogP) is 5.48. The Balaban J connectivity index is 1.44. The molecule has 3 aromatic rings. The molecule has 5 heteroatoms. The molecule has 1 saturated heterocycles. The third-order valence-corrected chi connectivity index (χ3v) is 7.17. The van der Waals surface area contributed by atoms with E-state index in [0.29, 0.717) is 5.92 Å².